The molecule has 2 unspecified atom stereocenters. The highest BCUT2D eigenvalue weighted by molar-refractivity contribution is 14.1. The third-order valence-electron chi connectivity index (χ3n) is 6.71. The maximum atomic E-state index is 14.5. The van der Waals surface area contributed by atoms with Gasteiger partial charge in [0, 0.05) is 42.5 Å². The Morgan fingerprint density at radius 3 is 1.40 bits per heavy atom. The summed E-state index contributed by atoms with van der Waals surface area (Å²) in [6, 6.07) is -1.79. The van der Waals surface area contributed by atoms with Crippen LogP contribution in [0.5, 0.6) is 0 Å². The van der Waals surface area contributed by atoms with Crippen molar-refractivity contribution < 1.29 is 59.4 Å². The highest BCUT2D eigenvalue weighted by Crippen LogP contribution is 2.38. The number of hydrogen-bond donors (Lipinski definition) is 12. The number of carbonyl (C=O) groups is 6. The third kappa shape index (κ3) is 12.5. The fourth-order valence-corrected chi connectivity index (χ4v) is 13.1. The van der Waals surface area contributed by atoms with Gasteiger partial charge in [-0.1, -0.05) is 0 Å². The Balaban J connectivity index is 2.85. The van der Waals surface area contributed by atoms with E-state index >= 15 is 0 Å². The standard InChI is InChI=1S/C29H32I6N6O12/c30-16-12(18(32)22(40-11(48)9-46)19(33)13(16)28(52)39-7-10(47)8-45)25(49)24(36-1-4-42)29(53)41-23-20(34)14(26(50)37-2-5-43)17(31)15(21(23)35)27(51)38-3-6-44/h10,24,36,42-47H,1-9H2,(H,37,50)(H,38,51)(H,39,52)(H,40,48)(H,41,53). The second-order valence-corrected chi connectivity index (χ2v) is 16.8. The van der Waals surface area contributed by atoms with Crippen LogP contribution < -0.4 is 31.9 Å². The summed E-state index contributed by atoms with van der Waals surface area (Å²) in [5.74, 6) is -4.98. The number of rotatable bonds is 19. The Labute approximate surface area is 383 Å². The van der Waals surface area contributed by atoms with E-state index in [0.29, 0.717) is 0 Å². The van der Waals surface area contributed by atoms with Crippen molar-refractivity contribution in [2.75, 3.05) is 69.8 Å². The molecule has 0 aliphatic carbocycles. The zero-order valence-electron chi connectivity index (χ0n) is 26.9. The number of anilines is 2. The summed E-state index contributed by atoms with van der Waals surface area (Å²) in [7, 11) is 0. The summed E-state index contributed by atoms with van der Waals surface area (Å²) in [5, 5.41) is 71.9. The predicted octanol–water partition coefficient (Wildman–Crippen LogP) is -0.456. The topological polar surface area (TPSA) is 296 Å². The van der Waals surface area contributed by atoms with Gasteiger partial charge in [-0.25, -0.2) is 0 Å². The van der Waals surface area contributed by atoms with E-state index in [-0.39, 0.29) is 94.4 Å². The largest absolute Gasteiger partial charge is 0.395 e. The second-order valence-electron chi connectivity index (χ2n) is 10.3. The zero-order valence-corrected chi connectivity index (χ0v) is 39.9. The summed E-state index contributed by atoms with van der Waals surface area (Å²) >= 11 is 10.6. The number of halogens is 6. The summed E-state index contributed by atoms with van der Waals surface area (Å²) < 4.78 is 0.809. The van der Waals surface area contributed by atoms with Gasteiger partial charge in [0.25, 0.3) is 17.7 Å². The molecule has 0 aromatic heterocycles. The van der Waals surface area contributed by atoms with Crippen LogP contribution >= 0.6 is 136 Å². The lowest BCUT2D eigenvalue weighted by Crippen LogP contribution is -2.48. The first kappa shape index (κ1) is 48.7. The molecule has 5 amide bonds. The number of amides is 5. The molecule has 0 bridgehead atoms. The van der Waals surface area contributed by atoms with Crippen molar-refractivity contribution in [2.45, 2.75) is 12.1 Å². The lowest BCUT2D eigenvalue weighted by molar-refractivity contribution is -0.119. The molecule has 0 aliphatic rings. The summed E-state index contributed by atoms with van der Waals surface area (Å²) in [5.41, 5.74) is -0.463. The maximum absolute atomic E-state index is 14.5. The molecular weight excluding hydrogens is 1390 g/mol. The van der Waals surface area contributed by atoms with E-state index in [0.717, 1.165) is 0 Å². The molecule has 18 nitrogen and oxygen atoms in total. The number of carbonyl (C=O) groups excluding carboxylic acids is 6. The van der Waals surface area contributed by atoms with Crippen molar-refractivity contribution in [3.05, 3.63) is 43.7 Å². The smallest absolute Gasteiger partial charge is 0.253 e. The van der Waals surface area contributed by atoms with Crippen LogP contribution in [-0.4, -0.2) is 137 Å². The number of benzene rings is 2. The van der Waals surface area contributed by atoms with Crippen LogP contribution in [0.1, 0.15) is 41.4 Å². The molecule has 0 heterocycles. The average molecular weight is 1420 g/mol. The molecule has 0 saturated heterocycles. The molecule has 2 aromatic rings. The van der Waals surface area contributed by atoms with Gasteiger partial charge >= 0.3 is 0 Å². The van der Waals surface area contributed by atoms with E-state index in [2.05, 4.69) is 31.9 Å². The van der Waals surface area contributed by atoms with Crippen LogP contribution in [0, 0.1) is 21.4 Å². The summed E-state index contributed by atoms with van der Waals surface area (Å²) in [6.45, 7) is -3.76. The van der Waals surface area contributed by atoms with E-state index in [1.807, 2.05) is 0 Å². The molecular formula is C29H32I6N6O12. The van der Waals surface area contributed by atoms with E-state index in [1.54, 1.807) is 136 Å². The fourth-order valence-electron chi connectivity index (χ4n) is 4.27. The van der Waals surface area contributed by atoms with Gasteiger partial charge < -0.3 is 57.2 Å². The van der Waals surface area contributed by atoms with Crippen molar-refractivity contribution in [3.63, 3.8) is 0 Å². The first-order valence-electron chi connectivity index (χ1n) is 14.9. The van der Waals surface area contributed by atoms with Crippen molar-refractivity contribution in [2.24, 2.45) is 0 Å². The second kappa shape index (κ2) is 23.7. The van der Waals surface area contributed by atoms with E-state index in [1.165, 1.54) is 0 Å². The van der Waals surface area contributed by atoms with Gasteiger partial charge in [-0.2, -0.15) is 0 Å². The number of Topliss-reactive ketones (excluding diaryl/α,β-unsaturated/α-hetero) is 1. The number of aliphatic hydroxyl groups excluding tert-OH is 6. The van der Waals surface area contributed by atoms with Gasteiger partial charge in [0.05, 0.1) is 71.3 Å². The molecule has 24 heteroatoms. The number of nitrogens with one attached hydrogen (secondary N) is 6. The monoisotopic (exact) mass is 1420 g/mol. The minimum Gasteiger partial charge on any atom is -0.395 e. The molecule has 0 radical (unpaired) electrons. The van der Waals surface area contributed by atoms with E-state index in [4.69, 9.17) is 0 Å². The normalized spacial score (nSPS) is 12.1. The Morgan fingerprint density at radius 1 is 0.547 bits per heavy atom. The van der Waals surface area contributed by atoms with E-state index < -0.39 is 67.3 Å². The third-order valence-corrected chi connectivity index (χ3v) is 13.2. The zero-order chi connectivity index (χ0) is 40.2. The van der Waals surface area contributed by atoms with E-state index in [9.17, 15) is 59.4 Å². The molecule has 0 saturated carbocycles. The van der Waals surface area contributed by atoms with Crippen molar-refractivity contribution >= 4 is 182 Å². The Morgan fingerprint density at radius 2 is 0.962 bits per heavy atom. The number of aliphatic hydroxyl groups is 6. The summed E-state index contributed by atoms with van der Waals surface area (Å²) in [6.07, 6.45) is -1.31. The minimum absolute atomic E-state index is 0.0244. The van der Waals surface area contributed by atoms with Gasteiger partial charge in [-0.3, -0.25) is 34.1 Å². The van der Waals surface area contributed by atoms with Crippen molar-refractivity contribution in [1.29, 1.82) is 0 Å². The van der Waals surface area contributed by atoms with Gasteiger partial charge in [-0.15, -0.1) is 0 Å². The molecule has 53 heavy (non-hydrogen) atoms. The van der Waals surface area contributed by atoms with Crippen LogP contribution in [0.15, 0.2) is 0 Å². The number of ketones is 1. The Bertz CT molecular complexity index is 1700. The van der Waals surface area contributed by atoms with Crippen LogP contribution in [0.3, 0.4) is 0 Å². The SMILES string of the molecule is O=C(CO)Nc1c(I)c(C(=O)NCC(O)CO)c(I)c(C(=O)C(NCCO)C(=O)Nc2c(I)c(C(=O)NCCO)c(I)c(C(=O)NCCO)c2I)c1I. The van der Waals surface area contributed by atoms with Gasteiger partial charge in [-0.05, 0) is 136 Å². The van der Waals surface area contributed by atoms with Gasteiger partial charge in [0.2, 0.25) is 11.8 Å². The molecule has 2 rings (SSSR count). The van der Waals surface area contributed by atoms with Gasteiger partial charge in [0.1, 0.15) is 6.61 Å². The van der Waals surface area contributed by atoms with Crippen LogP contribution in [-0.2, 0) is 9.59 Å². The van der Waals surface area contributed by atoms with Crippen LogP contribution in [0.2, 0.25) is 0 Å². The predicted molar refractivity (Wildman–Crippen MR) is 241 cm³/mol. The summed E-state index contributed by atoms with van der Waals surface area (Å²) in [4.78, 5) is 80.9. The molecule has 292 valence electrons. The quantitative estimate of drug-likeness (QED) is 0.0483. The highest BCUT2D eigenvalue weighted by atomic mass is 127. The van der Waals surface area contributed by atoms with Crippen molar-refractivity contribution in [3.8, 4) is 0 Å². The Kier molecular flexibility index (Phi) is 21.8. The minimum atomic E-state index is -1.79. The van der Waals surface area contributed by atoms with Crippen LogP contribution in [0.25, 0.3) is 0 Å². The molecule has 2 aromatic carbocycles. The van der Waals surface area contributed by atoms with Gasteiger partial charge in [0.15, 0.2) is 11.8 Å². The lowest BCUT2D eigenvalue weighted by Gasteiger charge is -2.24. The molecule has 0 fully saturated rings. The maximum Gasteiger partial charge on any atom is 0.253 e. The highest BCUT2D eigenvalue weighted by Gasteiger charge is 2.36. The lowest BCUT2D eigenvalue weighted by atomic mass is 9.99. The molecule has 0 aliphatic heterocycles. The molecule has 2 atom stereocenters. The fraction of sp³-hybridized carbons (Fsp3) is 0.379. The van der Waals surface area contributed by atoms with Crippen molar-refractivity contribution in [1.82, 2.24) is 21.3 Å². The molecule has 0 spiro atoms. The number of hydrogen-bond acceptors (Lipinski definition) is 13. The first-order valence-corrected chi connectivity index (χ1v) is 21.4. The van der Waals surface area contributed by atoms with Crippen LogP contribution in [0.4, 0.5) is 11.4 Å². The molecule has 12 N–H and O–H groups in total. The Hall–Kier alpha value is -0.440. The first-order chi connectivity index (χ1) is 25.0. The average Bonchev–Trinajstić information content (AvgIpc) is 3.12.